The Labute approximate surface area is 115 Å². The van der Waals surface area contributed by atoms with Crippen LogP contribution >= 0.6 is 0 Å². The van der Waals surface area contributed by atoms with E-state index in [4.69, 9.17) is 10.5 Å². The molecule has 1 aromatic carbocycles. The van der Waals surface area contributed by atoms with Crippen molar-refractivity contribution < 1.29 is 9.53 Å². The SMILES string of the molecule is CCN(CC(C)CN)C(=O)CCOc1ccccc1. The molecule has 4 nitrogen and oxygen atoms in total. The van der Waals surface area contributed by atoms with Gasteiger partial charge in [-0.05, 0) is 31.5 Å². The highest BCUT2D eigenvalue weighted by Crippen LogP contribution is 2.09. The van der Waals surface area contributed by atoms with Gasteiger partial charge < -0.3 is 15.4 Å². The van der Waals surface area contributed by atoms with Crippen LogP contribution in [0.3, 0.4) is 0 Å². The van der Waals surface area contributed by atoms with Gasteiger partial charge in [-0.2, -0.15) is 0 Å². The second-order valence-corrected chi connectivity index (χ2v) is 4.68. The number of nitrogens with two attached hydrogens (primary N) is 1. The van der Waals surface area contributed by atoms with Crippen LogP contribution in [0, 0.1) is 5.92 Å². The second-order valence-electron chi connectivity index (χ2n) is 4.68. The molecular weight excluding hydrogens is 240 g/mol. The first-order valence-electron chi connectivity index (χ1n) is 6.83. The zero-order valence-electron chi connectivity index (χ0n) is 11.8. The number of hydrogen-bond donors (Lipinski definition) is 1. The quantitative estimate of drug-likeness (QED) is 0.780. The molecule has 0 saturated carbocycles. The van der Waals surface area contributed by atoms with E-state index in [1.165, 1.54) is 0 Å². The molecule has 0 saturated heterocycles. The molecule has 19 heavy (non-hydrogen) atoms. The standard InChI is InChI=1S/C15H24N2O2/c1-3-17(12-13(2)11-16)15(18)9-10-19-14-7-5-4-6-8-14/h4-8,13H,3,9-12,16H2,1-2H3. The summed E-state index contributed by atoms with van der Waals surface area (Å²) in [5.74, 6) is 1.26. The Bertz CT molecular complexity index is 368. The summed E-state index contributed by atoms with van der Waals surface area (Å²) in [4.78, 5) is 13.9. The fourth-order valence-corrected chi connectivity index (χ4v) is 1.79. The molecular formula is C15H24N2O2. The molecule has 1 aromatic rings. The molecule has 2 N–H and O–H groups in total. The van der Waals surface area contributed by atoms with Gasteiger partial charge in [-0.3, -0.25) is 4.79 Å². The fraction of sp³-hybridized carbons (Fsp3) is 0.533. The predicted octanol–water partition coefficient (Wildman–Crippen LogP) is 1.90. The first-order valence-corrected chi connectivity index (χ1v) is 6.83. The summed E-state index contributed by atoms with van der Waals surface area (Å²) in [6, 6.07) is 9.54. The lowest BCUT2D eigenvalue weighted by molar-refractivity contribution is -0.132. The topological polar surface area (TPSA) is 55.6 Å². The first-order chi connectivity index (χ1) is 9.17. The molecule has 0 spiro atoms. The van der Waals surface area contributed by atoms with Crippen LogP contribution in [0.1, 0.15) is 20.3 Å². The van der Waals surface area contributed by atoms with Crippen molar-refractivity contribution in [3.63, 3.8) is 0 Å². The summed E-state index contributed by atoms with van der Waals surface area (Å²) >= 11 is 0. The average Bonchev–Trinajstić information content (AvgIpc) is 2.45. The van der Waals surface area contributed by atoms with Crippen molar-refractivity contribution in [2.24, 2.45) is 11.7 Å². The number of hydrogen-bond acceptors (Lipinski definition) is 3. The largest absolute Gasteiger partial charge is 0.493 e. The Morgan fingerprint density at radius 2 is 2.05 bits per heavy atom. The maximum absolute atomic E-state index is 12.0. The summed E-state index contributed by atoms with van der Waals surface area (Å²) in [7, 11) is 0. The molecule has 0 aliphatic carbocycles. The number of rotatable bonds is 8. The maximum Gasteiger partial charge on any atom is 0.225 e. The van der Waals surface area contributed by atoms with E-state index < -0.39 is 0 Å². The second kappa shape index (κ2) is 8.53. The van der Waals surface area contributed by atoms with Crippen LogP contribution in [0.25, 0.3) is 0 Å². The Morgan fingerprint density at radius 3 is 2.63 bits per heavy atom. The minimum Gasteiger partial charge on any atom is -0.493 e. The number of amides is 1. The lowest BCUT2D eigenvalue weighted by Gasteiger charge is -2.24. The van der Waals surface area contributed by atoms with Crippen LogP contribution in [0.4, 0.5) is 0 Å². The van der Waals surface area contributed by atoms with Gasteiger partial charge in [-0.25, -0.2) is 0 Å². The average molecular weight is 264 g/mol. The predicted molar refractivity (Wildman–Crippen MR) is 77.0 cm³/mol. The molecule has 1 rings (SSSR count). The van der Waals surface area contributed by atoms with E-state index in [0.717, 1.165) is 12.3 Å². The van der Waals surface area contributed by atoms with Gasteiger partial charge in [0.1, 0.15) is 5.75 Å². The van der Waals surface area contributed by atoms with Gasteiger partial charge in [0.2, 0.25) is 5.91 Å². The number of carbonyl (C=O) groups is 1. The lowest BCUT2D eigenvalue weighted by Crippen LogP contribution is -2.37. The third kappa shape index (κ3) is 5.75. The Morgan fingerprint density at radius 1 is 1.37 bits per heavy atom. The van der Waals surface area contributed by atoms with E-state index in [2.05, 4.69) is 6.92 Å². The molecule has 0 aromatic heterocycles. The summed E-state index contributed by atoms with van der Waals surface area (Å²) in [5, 5.41) is 0. The van der Waals surface area contributed by atoms with Gasteiger partial charge in [-0.15, -0.1) is 0 Å². The van der Waals surface area contributed by atoms with Gasteiger partial charge in [0, 0.05) is 13.1 Å². The van der Waals surface area contributed by atoms with Crippen molar-refractivity contribution in [1.82, 2.24) is 4.90 Å². The molecule has 0 bridgehead atoms. The zero-order chi connectivity index (χ0) is 14.1. The molecule has 1 amide bonds. The third-order valence-corrected chi connectivity index (χ3v) is 3.00. The van der Waals surface area contributed by atoms with Crippen molar-refractivity contribution >= 4 is 5.91 Å². The Kier molecular flexibility index (Phi) is 6.97. The minimum atomic E-state index is 0.124. The maximum atomic E-state index is 12.0. The fourth-order valence-electron chi connectivity index (χ4n) is 1.79. The molecule has 0 fully saturated rings. The van der Waals surface area contributed by atoms with Crippen LogP contribution in [0.2, 0.25) is 0 Å². The molecule has 0 aliphatic rings. The van der Waals surface area contributed by atoms with E-state index in [0.29, 0.717) is 32.0 Å². The van der Waals surface area contributed by atoms with E-state index >= 15 is 0 Å². The lowest BCUT2D eigenvalue weighted by atomic mass is 10.1. The minimum absolute atomic E-state index is 0.124. The summed E-state index contributed by atoms with van der Waals surface area (Å²) in [6.45, 7) is 6.49. The van der Waals surface area contributed by atoms with Crippen LogP contribution < -0.4 is 10.5 Å². The van der Waals surface area contributed by atoms with Crippen LogP contribution in [-0.2, 0) is 4.79 Å². The molecule has 1 unspecified atom stereocenters. The van der Waals surface area contributed by atoms with Gasteiger partial charge >= 0.3 is 0 Å². The summed E-state index contributed by atoms with van der Waals surface area (Å²) in [5.41, 5.74) is 5.59. The van der Waals surface area contributed by atoms with E-state index in [-0.39, 0.29) is 5.91 Å². The van der Waals surface area contributed by atoms with Crippen LogP contribution in [0.5, 0.6) is 5.75 Å². The number of nitrogens with zero attached hydrogens (tertiary/aromatic N) is 1. The third-order valence-electron chi connectivity index (χ3n) is 3.00. The molecule has 106 valence electrons. The molecule has 0 heterocycles. The first kappa shape index (κ1) is 15.5. The molecule has 1 atom stereocenters. The van der Waals surface area contributed by atoms with Crippen molar-refractivity contribution in [1.29, 1.82) is 0 Å². The molecule has 0 aliphatic heterocycles. The van der Waals surface area contributed by atoms with Gasteiger partial charge in [-0.1, -0.05) is 25.1 Å². The zero-order valence-corrected chi connectivity index (χ0v) is 11.8. The highest BCUT2D eigenvalue weighted by molar-refractivity contribution is 5.76. The van der Waals surface area contributed by atoms with Crippen molar-refractivity contribution in [3.05, 3.63) is 30.3 Å². The highest BCUT2D eigenvalue weighted by Gasteiger charge is 2.14. The summed E-state index contributed by atoms with van der Waals surface area (Å²) in [6.07, 6.45) is 0.403. The normalized spacial score (nSPS) is 11.9. The van der Waals surface area contributed by atoms with Crippen LogP contribution in [0.15, 0.2) is 30.3 Å². The number of para-hydroxylation sites is 1. The highest BCUT2D eigenvalue weighted by atomic mass is 16.5. The van der Waals surface area contributed by atoms with Gasteiger partial charge in [0.05, 0.1) is 13.0 Å². The van der Waals surface area contributed by atoms with Gasteiger partial charge in [0.15, 0.2) is 0 Å². The van der Waals surface area contributed by atoms with E-state index in [1.54, 1.807) is 0 Å². The monoisotopic (exact) mass is 264 g/mol. The molecule has 4 heteroatoms. The number of carbonyl (C=O) groups excluding carboxylic acids is 1. The van der Waals surface area contributed by atoms with E-state index in [9.17, 15) is 4.79 Å². The van der Waals surface area contributed by atoms with Gasteiger partial charge in [0.25, 0.3) is 0 Å². The summed E-state index contributed by atoms with van der Waals surface area (Å²) < 4.78 is 5.53. The van der Waals surface area contributed by atoms with Crippen molar-refractivity contribution in [3.8, 4) is 5.75 Å². The van der Waals surface area contributed by atoms with E-state index in [1.807, 2.05) is 42.2 Å². The molecule has 0 radical (unpaired) electrons. The number of benzene rings is 1. The van der Waals surface area contributed by atoms with Crippen molar-refractivity contribution in [2.45, 2.75) is 20.3 Å². The van der Waals surface area contributed by atoms with Crippen molar-refractivity contribution in [2.75, 3.05) is 26.2 Å². The Hall–Kier alpha value is -1.55. The van der Waals surface area contributed by atoms with Crippen LogP contribution in [-0.4, -0.2) is 37.0 Å². The Balaban J connectivity index is 2.32. The number of ether oxygens (including phenoxy) is 1. The smallest absolute Gasteiger partial charge is 0.225 e.